The monoisotopic (exact) mass is 289 g/mol. The Morgan fingerprint density at radius 1 is 1.33 bits per heavy atom. The topological polar surface area (TPSA) is 28.2 Å². The van der Waals surface area contributed by atoms with E-state index in [9.17, 15) is 0 Å². The molecule has 3 heteroatoms. The minimum Gasteiger partial charge on any atom is -0.313 e. The van der Waals surface area contributed by atoms with E-state index in [0.29, 0.717) is 5.41 Å². The molecule has 21 heavy (non-hydrogen) atoms. The van der Waals surface area contributed by atoms with Crippen molar-refractivity contribution in [1.82, 2.24) is 15.2 Å². The van der Waals surface area contributed by atoms with Crippen molar-refractivity contribution in [3.05, 3.63) is 29.6 Å². The minimum absolute atomic E-state index is 0.428. The van der Waals surface area contributed by atoms with Crippen molar-refractivity contribution in [2.45, 2.75) is 53.6 Å². The van der Waals surface area contributed by atoms with Crippen LogP contribution in [-0.2, 0) is 13.1 Å². The summed E-state index contributed by atoms with van der Waals surface area (Å²) in [6.07, 6.45) is 4.52. The summed E-state index contributed by atoms with van der Waals surface area (Å²) in [5, 5.41) is 3.42. The van der Waals surface area contributed by atoms with Crippen LogP contribution in [-0.4, -0.2) is 29.5 Å². The van der Waals surface area contributed by atoms with Crippen LogP contribution in [0, 0.1) is 11.3 Å². The quantitative estimate of drug-likeness (QED) is 0.813. The molecule has 1 fully saturated rings. The van der Waals surface area contributed by atoms with E-state index in [1.54, 1.807) is 0 Å². The second-order valence-corrected chi connectivity index (χ2v) is 7.42. The molecule has 0 aliphatic carbocycles. The van der Waals surface area contributed by atoms with Gasteiger partial charge in [0.2, 0.25) is 0 Å². The summed E-state index contributed by atoms with van der Waals surface area (Å²) in [6.45, 7) is 14.7. The highest BCUT2D eigenvalue weighted by molar-refractivity contribution is 5.14. The summed E-state index contributed by atoms with van der Waals surface area (Å²) in [5.74, 6) is 0.815. The lowest BCUT2D eigenvalue weighted by Crippen LogP contribution is -2.26. The average molecular weight is 289 g/mol. The van der Waals surface area contributed by atoms with Gasteiger partial charge in [-0.25, -0.2) is 0 Å². The molecule has 1 saturated heterocycles. The first-order valence-electron chi connectivity index (χ1n) is 8.36. The predicted octanol–water partition coefficient (Wildman–Crippen LogP) is 3.45. The van der Waals surface area contributed by atoms with Crippen LogP contribution < -0.4 is 5.32 Å². The van der Waals surface area contributed by atoms with Crippen LogP contribution in [0.25, 0.3) is 0 Å². The normalized spacial score (nSPS) is 20.1. The predicted molar refractivity (Wildman–Crippen MR) is 89.1 cm³/mol. The molecule has 0 saturated carbocycles. The van der Waals surface area contributed by atoms with Crippen molar-refractivity contribution in [3.63, 3.8) is 0 Å². The Labute approximate surface area is 130 Å². The molecule has 1 aliphatic heterocycles. The van der Waals surface area contributed by atoms with Crippen molar-refractivity contribution < 1.29 is 0 Å². The molecule has 1 atom stereocenters. The molecule has 2 rings (SSSR count). The molecular weight excluding hydrogens is 258 g/mol. The molecule has 1 aromatic rings. The number of nitrogens with one attached hydrogen (secondary N) is 1. The standard InChI is InChI=1S/C18H31N3/c1-5-9-19-11-15-6-7-17(20-12-15)14-21-10-8-16(13-21)18(2,3)4/h6-7,12,16,19H,5,8-11,13-14H2,1-4H3. The van der Waals surface area contributed by atoms with E-state index in [2.05, 4.69) is 55.0 Å². The Balaban J connectivity index is 1.81. The molecule has 1 aromatic heterocycles. The maximum absolute atomic E-state index is 4.63. The Kier molecular flexibility index (Phi) is 5.77. The number of rotatable bonds is 6. The van der Waals surface area contributed by atoms with E-state index in [-0.39, 0.29) is 0 Å². The van der Waals surface area contributed by atoms with Crippen molar-refractivity contribution in [2.24, 2.45) is 11.3 Å². The van der Waals surface area contributed by atoms with Crippen LogP contribution in [0.2, 0.25) is 0 Å². The van der Waals surface area contributed by atoms with Crippen molar-refractivity contribution >= 4 is 0 Å². The zero-order valence-electron chi connectivity index (χ0n) is 14.2. The fourth-order valence-corrected chi connectivity index (χ4v) is 2.97. The number of aromatic nitrogens is 1. The molecule has 0 bridgehead atoms. The van der Waals surface area contributed by atoms with Crippen molar-refractivity contribution in [2.75, 3.05) is 19.6 Å². The SMILES string of the molecule is CCCNCc1ccc(CN2CCC(C(C)(C)C)C2)nc1. The molecule has 3 nitrogen and oxygen atoms in total. The van der Waals surface area contributed by atoms with E-state index in [1.807, 2.05) is 6.20 Å². The van der Waals surface area contributed by atoms with E-state index in [1.165, 1.54) is 37.2 Å². The third-order valence-corrected chi connectivity index (χ3v) is 4.52. The molecule has 0 amide bonds. The summed E-state index contributed by atoms with van der Waals surface area (Å²) in [7, 11) is 0. The third-order valence-electron chi connectivity index (χ3n) is 4.52. The second kappa shape index (κ2) is 7.37. The highest BCUT2D eigenvalue weighted by Crippen LogP contribution is 2.33. The Bertz CT molecular complexity index is 419. The molecule has 0 spiro atoms. The molecule has 0 aromatic carbocycles. The first-order valence-corrected chi connectivity index (χ1v) is 8.36. The van der Waals surface area contributed by atoms with Crippen LogP contribution in [0.15, 0.2) is 18.3 Å². The van der Waals surface area contributed by atoms with Crippen LogP contribution in [0.3, 0.4) is 0 Å². The van der Waals surface area contributed by atoms with E-state index < -0.39 is 0 Å². The minimum atomic E-state index is 0.428. The van der Waals surface area contributed by atoms with Crippen molar-refractivity contribution in [1.29, 1.82) is 0 Å². The number of pyridine rings is 1. The zero-order valence-corrected chi connectivity index (χ0v) is 14.2. The average Bonchev–Trinajstić information content (AvgIpc) is 2.90. The molecule has 1 unspecified atom stereocenters. The number of hydrogen-bond acceptors (Lipinski definition) is 3. The van der Waals surface area contributed by atoms with Gasteiger partial charge in [0.25, 0.3) is 0 Å². The van der Waals surface area contributed by atoms with E-state index in [4.69, 9.17) is 0 Å². The molecular formula is C18H31N3. The Hall–Kier alpha value is -0.930. The highest BCUT2D eigenvalue weighted by Gasteiger charge is 2.31. The van der Waals surface area contributed by atoms with E-state index >= 15 is 0 Å². The first-order chi connectivity index (χ1) is 9.99. The first kappa shape index (κ1) is 16.4. The van der Waals surface area contributed by atoms with Gasteiger partial charge in [0.15, 0.2) is 0 Å². The van der Waals surface area contributed by atoms with Gasteiger partial charge in [0.1, 0.15) is 0 Å². The largest absolute Gasteiger partial charge is 0.313 e. The Morgan fingerprint density at radius 3 is 2.71 bits per heavy atom. The van der Waals surface area contributed by atoms with Gasteiger partial charge in [0.05, 0.1) is 5.69 Å². The lowest BCUT2D eigenvalue weighted by Gasteiger charge is -2.27. The van der Waals surface area contributed by atoms with Gasteiger partial charge in [-0.15, -0.1) is 0 Å². The van der Waals surface area contributed by atoms with Crippen LogP contribution in [0.5, 0.6) is 0 Å². The fourth-order valence-electron chi connectivity index (χ4n) is 2.97. The maximum atomic E-state index is 4.63. The van der Waals surface area contributed by atoms with Crippen LogP contribution in [0.1, 0.15) is 51.8 Å². The van der Waals surface area contributed by atoms with Gasteiger partial charge >= 0.3 is 0 Å². The van der Waals surface area contributed by atoms with Gasteiger partial charge < -0.3 is 5.32 Å². The fraction of sp³-hybridized carbons (Fsp3) is 0.722. The van der Waals surface area contributed by atoms with Crippen LogP contribution in [0.4, 0.5) is 0 Å². The maximum Gasteiger partial charge on any atom is 0.0544 e. The summed E-state index contributed by atoms with van der Waals surface area (Å²) in [4.78, 5) is 7.18. The molecule has 1 N–H and O–H groups in total. The molecule has 118 valence electrons. The molecule has 2 heterocycles. The number of hydrogen-bond donors (Lipinski definition) is 1. The van der Waals surface area contributed by atoms with Gasteiger partial charge in [-0.2, -0.15) is 0 Å². The smallest absolute Gasteiger partial charge is 0.0544 e. The summed E-state index contributed by atoms with van der Waals surface area (Å²) < 4.78 is 0. The summed E-state index contributed by atoms with van der Waals surface area (Å²) in [6, 6.07) is 4.40. The molecule has 0 radical (unpaired) electrons. The lowest BCUT2D eigenvalue weighted by molar-refractivity contribution is 0.225. The van der Waals surface area contributed by atoms with E-state index in [0.717, 1.165) is 25.6 Å². The highest BCUT2D eigenvalue weighted by atomic mass is 15.2. The van der Waals surface area contributed by atoms with Gasteiger partial charge in [-0.05, 0) is 48.9 Å². The second-order valence-electron chi connectivity index (χ2n) is 7.42. The summed E-state index contributed by atoms with van der Waals surface area (Å²) in [5.41, 5.74) is 2.90. The molecule has 1 aliphatic rings. The number of likely N-dealkylation sites (tertiary alicyclic amines) is 1. The van der Waals surface area contributed by atoms with Gasteiger partial charge in [0, 0.05) is 25.8 Å². The number of nitrogens with zero attached hydrogens (tertiary/aromatic N) is 2. The van der Waals surface area contributed by atoms with Crippen LogP contribution >= 0.6 is 0 Å². The van der Waals surface area contributed by atoms with Gasteiger partial charge in [-0.3, -0.25) is 9.88 Å². The zero-order chi connectivity index (χ0) is 15.3. The van der Waals surface area contributed by atoms with Gasteiger partial charge in [-0.1, -0.05) is 33.8 Å². The Morgan fingerprint density at radius 2 is 2.14 bits per heavy atom. The third kappa shape index (κ3) is 5.08. The lowest BCUT2D eigenvalue weighted by atomic mass is 9.80. The summed E-state index contributed by atoms with van der Waals surface area (Å²) >= 11 is 0. The van der Waals surface area contributed by atoms with Crippen molar-refractivity contribution in [3.8, 4) is 0 Å².